The molecule has 1 fully saturated rings. The van der Waals surface area contributed by atoms with Crippen LogP contribution in [0, 0.1) is 12.3 Å². The zero-order chi connectivity index (χ0) is 14.4. The standard InChI is InChI=1S/C16H21N3O/c1-2-7-14(17)16(20)18-15-9-4-3-8-13(15)12-19-10-5-6-11-19/h1,3-4,8-9,14H,5-7,10-12,17H2,(H,18,20). The summed E-state index contributed by atoms with van der Waals surface area (Å²) in [7, 11) is 0. The summed E-state index contributed by atoms with van der Waals surface area (Å²) in [4.78, 5) is 14.3. The molecule has 1 aliphatic rings. The zero-order valence-corrected chi connectivity index (χ0v) is 11.6. The van der Waals surface area contributed by atoms with Crippen LogP contribution in [-0.4, -0.2) is 29.9 Å². The Kier molecular flexibility index (Phi) is 5.16. The minimum absolute atomic E-state index is 0.225. The molecule has 1 unspecified atom stereocenters. The van der Waals surface area contributed by atoms with Crippen molar-refractivity contribution in [3.8, 4) is 12.3 Å². The lowest BCUT2D eigenvalue weighted by Crippen LogP contribution is -2.35. The number of likely N-dealkylation sites (tertiary alicyclic amines) is 1. The largest absolute Gasteiger partial charge is 0.324 e. The number of carbonyl (C=O) groups excluding carboxylic acids is 1. The van der Waals surface area contributed by atoms with Gasteiger partial charge in [-0.1, -0.05) is 18.2 Å². The van der Waals surface area contributed by atoms with Gasteiger partial charge >= 0.3 is 0 Å². The normalized spacial score (nSPS) is 16.6. The third kappa shape index (κ3) is 3.83. The van der Waals surface area contributed by atoms with Crippen LogP contribution in [-0.2, 0) is 11.3 Å². The molecule has 20 heavy (non-hydrogen) atoms. The van der Waals surface area contributed by atoms with Crippen LogP contribution >= 0.6 is 0 Å². The van der Waals surface area contributed by atoms with E-state index in [4.69, 9.17) is 12.2 Å². The van der Waals surface area contributed by atoms with E-state index in [1.54, 1.807) is 0 Å². The van der Waals surface area contributed by atoms with Crippen LogP contribution in [0.2, 0.25) is 0 Å². The molecular formula is C16H21N3O. The molecule has 2 rings (SSSR count). The van der Waals surface area contributed by atoms with Crippen molar-refractivity contribution in [3.63, 3.8) is 0 Å². The highest BCUT2D eigenvalue weighted by molar-refractivity contribution is 5.95. The Morgan fingerprint density at radius 2 is 2.10 bits per heavy atom. The molecule has 0 spiro atoms. The van der Waals surface area contributed by atoms with Crippen LogP contribution in [0.5, 0.6) is 0 Å². The van der Waals surface area contributed by atoms with Gasteiger partial charge in [0.1, 0.15) is 0 Å². The second kappa shape index (κ2) is 7.09. The number of benzene rings is 1. The molecule has 1 aromatic carbocycles. The topological polar surface area (TPSA) is 58.4 Å². The Bertz CT molecular complexity index is 501. The lowest BCUT2D eigenvalue weighted by Gasteiger charge is -2.18. The monoisotopic (exact) mass is 271 g/mol. The average molecular weight is 271 g/mol. The first-order chi connectivity index (χ1) is 9.70. The van der Waals surface area contributed by atoms with Gasteiger partial charge in [-0.15, -0.1) is 12.3 Å². The van der Waals surface area contributed by atoms with Gasteiger partial charge < -0.3 is 11.1 Å². The maximum atomic E-state index is 11.9. The molecule has 4 nitrogen and oxygen atoms in total. The highest BCUT2D eigenvalue weighted by atomic mass is 16.2. The molecule has 1 saturated heterocycles. The number of nitrogens with two attached hydrogens (primary N) is 1. The first-order valence-electron chi connectivity index (χ1n) is 7.01. The molecule has 1 aromatic rings. The minimum Gasteiger partial charge on any atom is -0.324 e. The summed E-state index contributed by atoms with van der Waals surface area (Å²) in [6, 6.07) is 7.20. The lowest BCUT2D eigenvalue weighted by molar-refractivity contribution is -0.117. The third-order valence-electron chi connectivity index (χ3n) is 3.54. The number of nitrogens with zero attached hydrogens (tertiary/aromatic N) is 1. The molecule has 106 valence electrons. The molecule has 1 atom stereocenters. The van der Waals surface area contributed by atoms with Gasteiger partial charge in [-0.2, -0.15) is 0 Å². The van der Waals surface area contributed by atoms with Gasteiger partial charge in [0.15, 0.2) is 0 Å². The number of terminal acetylenes is 1. The second-order valence-corrected chi connectivity index (χ2v) is 5.14. The molecule has 1 amide bonds. The highest BCUT2D eigenvalue weighted by Gasteiger charge is 2.16. The molecule has 4 heteroatoms. The number of rotatable bonds is 5. The Hall–Kier alpha value is -1.83. The Morgan fingerprint density at radius 1 is 1.40 bits per heavy atom. The smallest absolute Gasteiger partial charge is 0.242 e. The summed E-state index contributed by atoms with van der Waals surface area (Å²) in [6.45, 7) is 3.11. The number of carbonyl (C=O) groups is 1. The van der Waals surface area contributed by atoms with Crippen molar-refractivity contribution in [1.29, 1.82) is 0 Å². The summed E-state index contributed by atoms with van der Waals surface area (Å²) >= 11 is 0. The predicted molar refractivity (Wildman–Crippen MR) is 81.0 cm³/mol. The fourth-order valence-corrected chi connectivity index (χ4v) is 2.41. The fourth-order valence-electron chi connectivity index (χ4n) is 2.41. The van der Waals surface area contributed by atoms with Crippen molar-refractivity contribution < 1.29 is 4.79 Å². The first-order valence-corrected chi connectivity index (χ1v) is 7.01. The van der Waals surface area contributed by atoms with Gasteiger partial charge in [0.05, 0.1) is 6.04 Å². The van der Waals surface area contributed by atoms with Gasteiger partial charge in [-0.3, -0.25) is 9.69 Å². The van der Waals surface area contributed by atoms with E-state index < -0.39 is 6.04 Å². The zero-order valence-electron chi connectivity index (χ0n) is 11.6. The Labute approximate surface area is 120 Å². The summed E-state index contributed by atoms with van der Waals surface area (Å²) < 4.78 is 0. The Balaban J connectivity index is 2.03. The SMILES string of the molecule is C#CCC(N)C(=O)Nc1ccccc1CN1CCCC1. The predicted octanol–water partition coefficient (Wildman–Crippen LogP) is 1.57. The average Bonchev–Trinajstić information content (AvgIpc) is 2.94. The molecular weight excluding hydrogens is 250 g/mol. The van der Waals surface area contributed by atoms with E-state index in [0.29, 0.717) is 0 Å². The van der Waals surface area contributed by atoms with E-state index >= 15 is 0 Å². The maximum Gasteiger partial charge on any atom is 0.242 e. The molecule has 0 radical (unpaired) electrons. The number of amides is 1. The van der Waals surface area contributed by atoms with Gasteiger partial charge in [0, 0.05) is 18.7 Å². The van der Waals surface area contributed by atoms with Crippen molar-refractivity contribution in [2.75, 3.05) is 18.4 Å². The maximum absolute atomic E-state index is 11.9. The fraction of sp³-hybridized carbons (Fsp3) is 0.438. The van der Waals surface area contributed by atoms with E-state index in [1.165, 1.54) is 12.8 Å². The van der Waals surface area contributed by atoms with Crippen LogP contribution in [0.3, 0.4) is 0 Å². The van der Waals surface area contributed by atoms with Gasteiger partial charge in [-0.25, -0.2) is 0 Å². The molecule has 1 heterocycles. The van der Waals surface area contributed by atoms with Crippen molar-refractivity contribution in [2.24, 2.45) is 5.73 Å². The molecule has 1 aliphatic heterocycles. The van der Waals surface area contributed by atoms with E-state index in [0.717, 1.165) is 30.9 Å². The number of hydrogen-bond donors (Lipinski definition) is 2. The van der Waals surface area contributed by atoms with E-state index in [1.807, 2.05) is 24.3 Å². The summed E-state index contributed by atoms with van der Waals surface area (Å²) in [5.74, 6) is 2.19. The summed E-state index contributed by atoms with van der Waals surface area (Å²) in [5.41, 5.74) is 7.68. The van der Waals surface area contributed by atoms with Crippen LogP contribution in [0.15, 0.2) is 24.3 Å². The molecule has 0 aliphatic carbocycles. The van der Waals surface area contributed by atoms with E-state index in [-0.39, 0.29) is 12.3 Å². The molecule has 0 aromatic heterocycles. The van der Waals surface area contributed by atoms with Crippen molar-refractivity contribution in [1.82, 2.24) is 4.90 Å². The van der Waals surface area contributed by atoms with Crippen LogP contribution in [0.4, 0.5) is 5.69 Å². The highest BCUT2D eigenvalue weighted by Crippen LogP contribution is 2.20. The number of para-hydroxylation sites is 1. The summed E-state index contributed by atoms with van der Waals surface area (Å²) in [5, 5.41) is 2.88. The van der Waals surface area contributed by atoms with E-state index in [9.17, 15) is 4.79 Å². The summed E-state index contributed by atoms with van der Waals surface area (Å²) in [6.07, 6.45) is 7.94. The minimum atomic E-state index is -0.653. The van der Waals surface area contributed by atoms with Crippen molar-refractivity contribution in [2.45, 2.75) is 31.8 Å². The number of anilines is 1. The van der Waals surface area contributed by atoms with Crippen molar-refractivity contribution in [3.05, 3.63) is 29.8 Å². The number of nitrogens with one attached hydrogen (secondary N) is 1. The van der Waals surface area contributed by atoms with Gasteiger partial charge in [0.2, 0.25) is 5.91 Å². The molecule has 0 saturated carbocycles. The third-order valence-corrected chi connectivity index (χ3v) is 3.54. The van der Waals surface area contributed by atoms with Crippen LogP contribution < -0.4 is 11.1 Å². The van der Waals surface area contributed by atoms with Crippen LogP contribution in [0.25, 0.3) is 0 Å². The number of hydrogen-bond acceptors (Lipinski definition) is 3. The van der Waals surface area contributed by atoms with Gasteiger partial charge in [-0.05, 0) is 37.6 Å². The lowest BCUT2D eigenvalue weighted by atomic mass is 10.1. The quantitative estimate of drug-likeness (QED) is 0.799. The Morgan fingerprint density at radius 3 is 2.80 bits per heavy atom. The van der Waals surface area contributed by atoms with Crippen LogP contribution in [0.1, 0.15) is 24.8 Å². The second-order valence-electron chi connectivity index (χ2n) is 5.14. The molecule has 0 bridgehead atoms. The van der Waals surface area contributed by atoms with Crippen molar-refractivity contribution >= 4 is 11.6 Å². The first kappa shape index (κ1) is 14.6. The van der Waals surface area contributed by atoms with Gasteiger partial charge in [0.25, 0.3) is 0 Å². The molecule has 3 N–H and O–H groups in total. The van der Waals surface area contributed by atoms with E-state index in [2.05, 4.69) is 16.1 Å².